The molecule has 0 unspecified atom stereocenters. The van der Waals surface area contributed by atoms with Crippen LogP contribution in [0, 0.1) is 0 Å². The largest absolute Gasteiger partial charge is 0.518 e. The molecule has 16 heavy (non-hydrogen) atoms. The van der Waals surface area contributed by atoms with Crippen molar-refractivity contribution in [2.45, 2.75) is 19.6 Å². The molecule has 0 radical (unpaired) electrons. The Kier molecular flexibility index (Phi) is 6.94. The number of aliphatic carboxylic acids is 1. The molecule has 7 heteroatoms. The third-order valence-corrected chi connectivity index (χ3v) is 2.08. The van der Waals surface area contributed by atoms with Gasteiger partial charge in [0, 0.05) is 0 Å². The van der Waals surface area contributed by atoms with Crippen LogP contribution in [0.25, 0.3) is 0 Å². The molecule has 1 N–H and O–H groups in total. The van der Waals surface area contributed by atoms with Crippen LogP contribution in [-0.4, -0.2) is 51.8 Å². The Labute approximate surface area is 95.6 Å². The van der Waals surface area contributed by atoms with Crippen LogP contribution in [-0.2, 0) is 23.5 Å². The summed E-state index contributed by atoms with van der Waals surface area (Å²) in [4.78, 5) is 21.2. The summed E-state index contributed by atoms with van der Waals surface area (Å²) in [7, 11) is -1.85. The quantitative estimate of drug-likeness (QED) is 0.498. The van der Waals surface area contributed by atoms with E-state index in [1.807, 2.05) is 19.6 Å². The van der Waals surface area contributed by atoms with Crippen molar-refractivity contribution in [2.75, 3.05) is 26.4 Å². The van der Waals surface area contributed by atoms with Gasteiger partial charge in [-0.15, -0.1) is 0 Å². The van der Waals surface area contributed by atoms with Crippen LogP contribution in [0.4, 0.5) is 0 Å². The van der Waals surface area contributed by atoms with Gasteiger partial charge in [0.1, 0.15) is 13.2 Å². The fourth-order valence-corrected chi connectivity index (χ4v) is 1.55. The second kappa shape index (κ2) is 7.37. The van der Waals surface area contributed by atoms with E-state index in [4.69, 9.17) is 19.0 Å². The summed E-state index contributed by atoms with van der Waals surface area (Å²) in [5.41, 5.74) is 0. The first-order valence-electron chi connectivity index (χ1n) is 4.90. The lowest BCUT2D eigenvalue weighted by Gasteiger charge is -2.17. The molecule has 0 rings (SSSR count). The third-order valence-electron chi connectivity index (χ3n) is 1.24. The predicted molar refractivity (Wildman–Crippen MR) is 58.7 cm³/mol. The molecule has 0 saturated carbocycles. The molecule has 94 valence electrons. The third kappa shape index (κ3) is 11.2. The van der Waals surface area contributed by atoms with Gasteiger partial charge in [-0.1, -0.05) is 0 Å². The number of carbonyl (C=O) groups is 2. The highest BCUT2D eigenvalue weighted by molar-refractivity contribution is 6.71. The highest BCUT2D eigenvalue weighted by Gasteiger charge is 2.19. The summed E-state index contributed by atoms with van der Waals surface area (Å²) in [5.74, 6) is -1.42. The van der Waals surface area contributed by atoms with E-state index in [0.717, 1.165) is 0 Å². The van der Waals surface area contributed by atoms with Crippen LogP contribution in [0.5, 0.6) is 0 Å². The molecule has 0 aliphatic carbocycles. The van der Waals surface area contributed by atoms with Crippen molar-refractivity contribution in [3.63, 3.8) is 0 Å². The molecular formula is C9H18O6Si. The van der Waals surface area contributed by atoms with Crippen LogP contribution in [0.1, 0.15) is 0 Å². The summed E-state index contributed by atoms with van der Waals surface area (Å²) in [6, 6.07) is 0. The van der Waals surface area contributed by atoms with Crippen molar-refractivity contribution in [2.24, 2.45) is 0 Å². The number of ether oxygens (including phenoxy) is 2. The number of carboxylic acids is 1. The Morgan fingerprint density at radius 2 is 1.56 bits per heavy atom. The average molecular weight is 250 g/mol. The van der Waals surface area contributed by atoms with Gasteiger partial charge in [-0.2, -0.15) is 0 Å². The lowest BCUT2D eigenvalue weighted by Crippen LogP contribution is -2.31. The summed E-state index contributed by atoms with van der Waals surface area (Å²) < 4.78 is 14.8. The Balaban J connectivity index is 3.38. The summed E-state index contributed by atoms with van der Waals surface area (Å²) in [5, 5.41) is 8.25. The van der Waals surface area contributed by atoms with Gasteiger partial charge in [0.2, 0.25) is 8.32 Å². The van der Waals surface area contributed by atoms with Crippen LogP contribution in [0.3, 0.4) is 0 Å². The summed E-state index contributed by atoms with van der Waals surface area (Å²) in [6.45, 7) is 5.55. The van der Waals surface area contributed by atoms with Crippen molar-refractivity contribution in [1.29, 1.82) is 0 Å². The topological polar surface area (TPSA) is 82.1 Å². The lowest BCUT2D eigenvalue weighted by atomic mass is 10.7. The second-order valence-electron chi connectivity index (χ2n) is 4.09. The monoisotopic (exact) mass is 250 g/mol. The molecule has 0 aliphatic heterocycles. The van der Waals surface area contributed by atoms with E-state index in [-0.39, 0.29) is 26.4 Å². The highest BCUT2D eigenvalue weighted by Crippen LogP contribution is 2.02. The molecule has 0 spiro atoms. The van der Waals surface area contributed by atoms with E-state index in [2.05, 4.69) is 0 Å². The number of hydrogen-bond acceptors (Lipinski definition) is 5. The molecule has 0 aliphatic rings. The number of rotatable bonds is 8. The molecule has 0 amide bonds. The Morgan fingerprint density at radius 1 is 1.06 bits per heavy atom. The van der Waals surface area contributed by atoms with Crippen LogP contribution in [0.15, 0.2) is 0 Å². The minimum atomic E-state index is -1.85. The highest BCUT2D eigenvalue weighted by atomic mass is 28.4. The van der Waals surface area contributed by atoms with Crippen molar-refractivity contribution in [1.82, 2.24) is 0 Å². The molecule has 0 bridgehead atoms. The van der Waals surface area contributed by atoms with Gasteiger partial charge in [-0.05, 0) is 19.6 Å². The van der Waals surface area contributed by atoms with E-state index in [9.17, 15) is 9.59 Å². The summed E-state index contributed by atoms with van der Waals surface area (Å²) in [6.07, 6.45) is 0. The van der Waals surface area contributed by atoms with Gasteiger partial charge < -0.3 is 19.0 Å². The Bertz CT molecular complexity index is 235. The molecule has 0 aromatic carbocycles. The molecule has 0 heterocycles. The molecule has 0 fully saturated rings. The van der Waals surface area contributed by atoms with E-state index < -0.39 is 20.3 Å². The van der Waals surface area contributed by atoms with Crippen molar-refractivity contribution in [3.05, 3.63) is 0 Å². The fraction of sp³-hybridized carbons (Fsp3) is 0.778. The first kappa shape index (κ1) is 15.1. The SMILES string of the molecule is C[Si](C)(C)OC(=O)COCCOCC(=O)O. The van der Waals surface area contributed by atoms with Gasteiger partial charge >= 0.3 is 11.9 Å². The van der Waals surface area contributed by atoms with Gasteiger partial charge in [0.05, 0.1) is 13.2 Å². The normalized spacial score (nSPS) is 11.2. The van der Waals surface area contributed by atoms with Crippen molar-refractivity contribution < 1.29 is 28.6 Å². The van der Waals surface area contributed by atoms with E-state index in [0.29, 0.717) is 0 Å². The smallest absolute Gasteiger partial charge is 0.329 e. The molecule has 6 nitrogen and oxygen atoms in total. The van der Waals surface area contributed by atoms with Gasteiger partial charge in [0.25, 0.3) is 0 Å². The number of carbonyl (C=O) groups excluding carboxylic acids is 1. The number of carboxylic acid groups (broad SMARTS) is 1. The minimum absolute atomic E-state index is 0.124. The maximum atomic E-state index is 11.2. The zero-order valence-corrected chi connectivity index (χ0v) is 10.8. The van der Waals surface area contributed by atoms with E-state index in [1.54, 1.807) is 0 Å². The van der Waals surface area contributed by atoms with Crippen molar-refractivity contribution in [3.8, 4) is 0 Å². The minimum Gasteiger partial charge on any atom is -0.518 e. The zero-order chi connectivity index (χ0) is 12.6. The molecule has 0 saturated heterocycles. The summed E-state index contributed by atoms with van der Waals surface area (Å²) >= 11 is 0. The Morgan fingerprint density at radius 3 is 2.00 bits per heavy atom. The molecule has 0 atom stereocenters. The lowest BCUT2D eigenvalue weighted by molar-refractivity contribution is -0.145. The average Bonchev–Trinajstić information content (AvgIpc) is 2.07. The predicted octanol–water partition coefficient (Wildman–Crippen LogP) is 0.482. The van der Waals surface area contributed by atoms with Crippen LogP contribution >= 0.6 is 0 Å². The standard InChI is InChI=1S/C9H18O6Si/c1-16(2,3)15-9(12)7-14-5-4-13-6-8(10)11/h4-7H2,1-3H3,(H,10,11). The zero-order valence-electron chi connectivity index (χ0n) is 9.82. The first-order valence-corrected chi connectivity index (χ1v) is 8.31. The van der Waals surface area contributed by atoms with E-state index >= 15 is 0 Å². The molecular weight excluding hydrogens is 232 g/mol. The molecule has 0 aromatic heterocycles. The van der Waals surface area contributed by atoms with E-state index in [1.165, 1.54) is 0 Å². The van der Waals surface area contributed by atoms with Gasteiger partial charge in [-0.25, -0.2) is 4.79 Å². The van der Waals surface area contributed by atoms with Gasteiger partial charge in [0.15, 0.2) is 0 Å². The maximum Gasteiger partial charge on any atom is 0.329 e. The fourth-order valence-electron chi connectivity index (χ4n) is 0.804. The first-order chi connectivity index (χ1) is 7.31. The second-order valence-corrected chi connectivity index (χ2v) is 8.51. The molecule has 0 aromatic rings. The Hall–Kier alpha value is -0.923. The number of hydrogen-bond donors (Lipinski definition) is 1. The maximum absolute atomic E-state index is 11.2. The van der Waals surface area contributed by atoms with Crippen LogP contribution in [0.2, 0.25) is 19.6 Å². The van der Waals surface area contributed by atoms with Gasteiger partial charge in [-0.3, -0.25) is 4.79 Å². The van der Waals surface area contributed by atoms with Crippen LogP contribution < -0.4 is 0 Å². The van der Waals surface area contributed by atoms with Crippen molar-refractivity contribution >= 4 is 20.3 Å².